The van der Waals surface area contributed by atoms with Gasteiger partial charge in [0.15, 0.2) is 6.61 Å². The van der Waals surface area contributed by atoms with Crippen molar-refractivity contribution >= 4 is 11.5 Å². The Labute approximate surface area is 173 Å². The maximum absolute atomic E-state index is 12.9. The molecule has 0 amide bonds. The number of ketones is 1. The second-order valence-corrected chi connectivity index (χ2v) is 6.45. The number of hydrogen-bond acceptors (Lipinski definition) is 6. The van der Waals surface area contributed by atoms with Crippen molar-refractivity contribution in [1.82, 2.24) is 10.2 Å². The Hall–Kier alpha value is -4.19. The molecule has 0 bridgehead atoms. The molecule has 0 fully saturated rings. The van der Waals surface area contributed by atoms with Crippen molar-refractivity contribution in [2.75, 3.05) is 12.3 Å². The number of Topliss-reactive ketones (excluding diaryl/α,β-unsaturated/α-hetero) is 1. The van der Waals surface area contributed by atoms with Gasteiger partial charge in [-0.3, -0.25) is 4.79 Å². The summed E-state index contributed by atoms with van der Waals surface area (Å²) in [6.07, 6.45) is 1.60. The first-order valence-corrected chi connectivity index (χ1v) is 9.37. The lowest BCUT2D eigenvalue weighted by Crippen LogP contribution is -2.13. The lowest BCUT2D eigenvalue weighted by atomic mass is 10.1. The zero-order valence-electron chi connectivity index (χ0n) is 16.1. The summed E-state index contributed by atoms with van der Waals surface area (Å²) in [5.74, 6) is 1.25. The van der Waals surface area contributed by atoms with E-state index in [1.54, 1.807) is 54.7 Å². The Balaban J connectivity index is 1.53. The molecule has 148 valence electrons. The SMILES string of the molecule is Nc1ccccc1Oc1ccccc1C(=O)COc1ccccc1-c1cccnn1. The van der Waals surface area contributed by atoms with Crippen LogP contribution in [0.3, 0.4) is 0 Å². The average molecular weight is 397 g/mol. The highest BCUT2D eigenvalue weighted by Crippen LogP contribution is 2.31. The second-order valence-electron chi connectivity index (χ2n) is 6.45. The van der Waals surface area contributed by atoms with Gasteiger partial charge in [0.2, 0.25) is 5.78 Å². The molecule has 0 radical (unpaired) electrons. The summed E-state index contributed by atoms with van der Waals surface area (Å²) in [7, 11) is 0. The summed E-state index contributed by atoms with van der Waals surface area (Å²) >= 11 is 0. The van der Waals surface area contributed by atoms with Crippen molar-refractivity contribution in [3.63, 3.8) is 0 Å². The lowest BCUT2D eigenvalue weighted by Gasteiger charge is -2.13. The van der Waals surface area contributed by atoms with Crippen molar-refractivity contribution in [3.8, 4) is 28.5 Å². The van der Waals surface area contributed by atoms with Gasteiger partial charge in [-0.15, -0.1) is 0 Å². The Morgan fingerprint density at radius 2 is 1.50 bits per heavy atom. The molecule has 30 heavy (non-hydrogen) atoms. The summed E-state index contributed by atoms with van der Waals surface area (Å²) in [5.41, 5.74) is 8.30. The van der Waals surface area contributed by atoms with Crippen LogP contribution in [0.2, 0.25) is 0 Å². The van der Waals surface area contributed by atoms with Crippen LogP contribution in [0.5, 0.6) is 17.2 Å². The van der Waals surface area contributed by atoms with Crippen LogP contribution < -0.4 is 15.2 Å². The normalized spacial score (nSPS) is 10.4. The molecule has 0 unspecified atom stereocenters. The predicted molar refractivity (Wildman–Crippen MR) is 115 cm³/mol. The van der Waals surface area contributed by atoms with Gasteiger partial charge in [0.25, 0.3) is 0 Å². The van der Waals surface area contributed by atoms with Crippen LogP contribution in [0.1, 0.15) is 10.4 Å². The summed E-state index contributed by atoms with van der Waals surface area (Å²) in [6.45, 7) is -0.151. The number of carbonyl (C=O) groups is 1. The van der Waals surface area contributed by atoms with Gasteiger partial charge in [0.05, 0.1) is 16.9 Å². The minimum atomic E-state index is -0.214. The van der Waals surface area contributed by atoms with Crippen molar-refractivity contribution in [2.45, 2.75) is 0 Å². The topological polar surface area (TPSA) is 87.3 Å². The highest BCUT2D eigenvalue weighted by atomic mass is 16.5. The van der Waals surface area contributed by atoms with E-state index in [1.807, 2.05) is 36.4 Å². The largest absolute Gasteiger partial charge is 0.485 e. The summed E-state index contributed by atoms with van der Waals surface area (Å²) in [5, 5.41) is 8.02. The molecule has 0 aliphatic heterocycles. The summed E-state index contributed by atoms with van der Waals surface area (Å²) in [4.78, 5) is 12.9. The first-order chi connectivity index (χ1) is 14.7. The summed E-state index contributed by atoms with van der Waals surface area (Å²) < 4.78 is 11.7. The van der Waals surface area contributed by atoms with Crippen molar-refractivity contribution in [3.05, 3.63) is 96.7 Å². The number of carbonyl (C=O) groups excluding carboxylic acids is 1. The number of anilines is 1. The number of aromatic nitrogens is 2. The zero-order chi connectivity index (χ0) is 20.8. The van der Waals surface area contributed by atoms with Crippen LogP contribution in [-0.4, -0.2) is 22.6 Å². The fourth-order valence-electron chi connectivity index (χ4n) is 2.95. The molecule has 0 saturated heterocycles. The van der Waals surface area contributed by atoms with Gasteiger partial charge in [-0.2, -0.15) is 10.2 Å². The molecular weight excluding hydrogens is 378 g/mol. The fourth-order valence-corrected chi connectivity index (χ4v) is 2.95. The molecule has 1 heterocycles. The van der Waals surface area contributed by atoms with Crippen molar-refractivity contribution in [1.29, 1.82) is 0 Å². The van der Waals surface area contributed by atoms with E-state index in [-0.39, 0.29) is 12.4 Å². The van der Waals surface area contributed by atoms with Crippen LogP contribution in [0.4, 0.5) is 5.69 Å². The van der Waals surface area contributed by atoms with E-state index in [0.29, 0.717) is 34.2 Å². The van der Waals surface area contributed by atoms with E-state index in [4.69, 9.17) is 15.2 Å². The van der Waals surface area contributed by atoms with Crippen LogP contribution >= 0.6 is 0 Å². The smallest absolute Gasteiger partial charge is 0.203 e. The molecule has 4 aromatic rings. The van der Waals surface area contributed by atoms with Crippen LogP contribution in [-0.2, 0) is 0 Å². The fraction of sp³-hybridized carbons (Fsp3) is 0.0417. The monoisotopic (exact) mass is 397 g/mol. The number of benzene rings is 3. The summed E-state index contributed by atoms with van der Waals surface area (Å²) in [6, 6.07) is 25.2. The molecule has 0 aliphatic rings. The second kappa shape index (κ2) is 8.87. The Morgan fingerprint density at radius 3 is 2.27 bits per heavy atom. The maximum atomic E-state index is 12.9. The number of nitrogens with zero attached hydrogens (tertiary/aromatic N) is 2. The first kappa shape index (κ1) is 19.1. The van der Waals surface area contributed by atoms with Gasteiger partial charge in [-0.1, -0.05) is 36.4 Å². The van der Waals surface area contributed by atoms with E-state index >= 15 is 0 Å². The standard InChI is InChI=1S/C24H19N3O3/c25-19-10-3-6-14-24(19)30-23-13-5-2-9-18(23)21(28)16-29-22-12-4-1-8-17(22)20-11-7-15-26-27-20/h1-15H,16,25H2. The molecule has 0 aliphatic carbocycles. The minimum absolute atomic E-state index is 0.151. The Morgan fingerprint density at radius 1 is 0.800 bits per heavy atom. The van der Waals surface area contributed by atoms with Gasteiger partial charge >= 0.3 is 0 Å². The lowest BCUT2D eigenvalue weighted by molar-refractivity contribution is 0.0919. The number of para-hydroxylation sites is 4. The van der Waals surface area contributed by atoms with Crippen LogP contribution in [0.25, 0.3) is 11.3 Å². The zero-order valence-corrected chi connectivity index (χ0v) is 16.1. The molecule has 4 rings (SSSR count). The van der Waals surface area contributed by atoms with Gasteiger partial charge < -0.3 is 15.2 Å². The first-order valence-electron chi connectivity index (χ1n) is 9.37. The molecule has 1 aromatic heterocycles. The van der Waals surface area contributed by atoms with E-state index in [0.717, 1.165) is 5.56 Å². The molecule has 0 atom stereocenters. The van der Waals surface area contributed by atoms with Crippen LogP contribution in [0.15, 0.2) is 91.1 Å². The Kier molecular flexibility index (Phi) is 5.66. The predicted octanol–water partition coefficient (Wildman–Crippen LogP) is 4.78. The van der Waals surface area contributed by atoms with Gasteiger partial charge in [0, 0.05) is 11.8 Å². The van der Waals surface area contributed by atoms with Crippen molar-refractivity contribution < 1.29 is 14.3 Å². The molecule has 0 saturated carbocycles. The number of nitrogens with two attached hydrogens (primary N) is 1. The quantitative estimate of drug-likeness (QED) is 0.357. The van der Waals surface area contributed by atoms with E-state index < -0.39 is 0 Å². The number of nitrogen functional groups attached to an aromatic ring is 1. The molecule has 2 N–H and O–H groups in total. The highest BCUT2D eigenvalue weighted by molar-refractivity contribution is 6.00. The third kappa shape index (κ3) is 4.28. The van der Waals surface area contributed by atoms with Gasteiger partial charge in [-0.05, 0) is 48.5 Å². The van der Waals surface area contributed by atoms with E-state index in [2.05, 4.69) is 10.2 Å². The number of ether oxygens (including phenoxy) is 2. The minimum Gasteiger partial charge on any atom is -0.485 e. The van der Waals surface area contributed by atoms with Crippen molar-refractivity contribution in [2.24, 2.45) is 0 Å². The van der Waals surface area contributed by atoms with Gasteiger partial charge in [-0.25, -0.2) is 0 Å². The van der Waals surface area contributed by atoms with Gasteiger partial charge in [0.1, 0.15) is 17.2 Å². The molecular formula is C24H19N3O3. The maximum Gasteiger partial charge on any atom is 0.203 e. The highest BCUT2D eigenvalue weighted by Gasteiger charge is 2.16. The van der Waals surface area contributed by atoms with E-state index in [1.165, 1.54) is 0 Å². The third-order valence-corrected chi connectivity index (χ3v) is 4.42. The van der Waals surface area contributed by atoms with E-state index in [9.17, 15) is 4.79 Å². The number of rotatable bonds is 7. The molecule has 6 heteroatoms. The molecule has 6 nitrogen and oxygen atoms in total. The Bertz CT molecular complexity index is 1160. The number of hydrogen-bond donors (Lipinski definition) is 1. The average Bonchev–Trinajstić information content (AvgIpc) is 2.80. The molecule has 0 spiro atoms. The third-order valence-electron chi connectivity index (χ3n) is 4.42. The van der Waals surface area contributed by atoms with Crippen LogP contribution in [0, 0.1) is 0 Å². The molecule has 3 aromatic carbocycles.